The standard InChI is InChI=1S/C21H24N6O2/c1-13-3-4-16(20(28)27(23)21(2)11-29-12-21)8-18(13)15-6-5-14-9-19(25-26-22)24-10-17(14)7-15/h3-10,19,24H,11-12,23H2,1-2H3,(H2,22,25). The molecular weight excluding hydrogens is 368 g/mol. The van der Waals surface area contributed by atoms with Crippen molar-refractivity contribution >= 4 is 18.2 Å². The van der Waals surface area contributed by atoms with E-state index in [9.17, 15) is 4.79 Å². The predicted octanol–water partition coefficient (Wildman–Crippen LogP) is 0.541. The minimum Gasteiger partial charge on any atom is -0.376 e. The van der Waals surface area contributed by atoms with Gasteiger partial charge in [0.25, 0.3) is 5.91 Å². The van der Waals surface area contributed by atoms with Crippen LogP contribution in [0.1, 0.15) is 22.8 Å². The van der Waals surface area contributed by atoms with Gasteiger partial charge in [0, 0.05) is 11.8 Å². The van der Waals surface area contributed by atoms with Crippen molar-refractivity contribution in [2.24, 2.45) is 22.0 Å². The summed E-state index contributed by atoms with van der Waals surface area (Å²) in [6, 6.07) is 11.8. The number of ether oxygens (including phenoxy) is 1. The highest BCUT2D eigenvalue weighted by atomic mass is 16.5. The summed E-state index contributed by atoms with van der Waals surface area (Å²) in [5.41, 5.74) is 3.17. The third-order valence-corrected chi connectivity index (χ3v) is 5.45. The molecule has 2 aromatic carbocycles. The van der Waals surface area contributed by atoms with Gasteiger partial charge in [0.1, 0.15) is 5.54 Å². The molecule has 29 heavy (non-hydrogen) atoms. The van der Waals surface area contributed by atoms with Crippen LogP contribution in [0, 0.1) is 6.92 Å². The van der Waals surface area contributed by atoms with Gasteiger partial charge in [-0.1, -0.05) is 23.4 Å². The molecule has 1 saturated heterocycles. The highest BCUT2D eigenvalue weighted by Gasteiger charge is 2.41. The zero-order valence-electron chi connectivity index (χ0n) is 16.4. The lowest BCUT2D eigenvalue weighted by molar-refractivity contribution is -0.116. The van der Waals surface area contributed by atoms with Crippen LogP contribution < -0.4 is 27.4 Å². The number of aryl methyl sites for hydroxylation is 1. The monoisotopic (exact) mass is 392 g/mol. The third-order valence-electron chi connectivity index (χ3n) is 5.45. The van der Waals surface area contributed by atoms with Gasteiger partial charge in [-0.3, -0.25) is 9.80 Å². The first kappa shape index (κ1) is 19.1. The molecule has 8 nitrogen and oxygen atoms in total. The number of amides is 1. The van der Waals surface area contributed by atoms with E-state index in [-0.39, 0.29) is 12.1 Å². The van der Waals surface area contributed by atoms with Crippen molar-refractivity contribution in [2.45, 2.75) is 25.6 Å². The number of hydrogen-bond donors (Lipinski definition) is 3. The van der Waals surface area contributed by atoms with E-state index in [0.29, 0.717) is 18.8 Å². The van der Waals surface area contributed by atoms with Gasteiger partial charge in [-0.05, 0) is 65.3 Å². The molecule has 4 rings (SSSR count). The normalized spacial score (nSPS) is 19.3. The van der Waals surface area contributed by atoms with Crippen molar-refractivity contribution in [3.05, 3.63) is 58.0 Å². The van der Waals surface area contributed by atoms with E-state index in [1.165, 1.54) is 5.01 Å². The number of hydrogen-bond acceptors (Lipinski definition) is 6. The molecule has 0 radical (unpaired) electrons. The Morgan fingerprint density at radius 3 is 2.72 bits per heavy atom. The maximum atomic E-state index is 12.9. The molecule has 2 heterocycles. The maximum Gasteiger partial charge on any atom is 0.268 e. The average Bonchev–Trinajstić information content (AvgIpc) is 2.71. The van der Waals surface area contributed by atoms with Crippen molar-refractivity contribution in [2.75, 3.05) is 13.2 Å². The smallest absolute Gasteiger partial charge is 0.268 e. The van der Waals surface area contributed by atoms with Gasteiger partial charge in [0.2, 0.25) is 0 Å². The number of carbonyl (C=O) groups excluding carboxylic acids is 1. The molecule has 1 unspecified atom stereocenters. The van der Waals surface area contributed by atoms with Crippen molar-refractivity contribution in [3.63, 3.8) is 0 Å². The summed E-state index contributed by atoms with van der Waals surface area (Å²) in [5.74, 6) is 11.0. The van der Waals surface area contributed by atoms with E-state index >= 15 is 0 Å². The molecule has 0 bridgehead atoms. The summed E-state index contributed by atoms with van der Waals surface area (Å²) in [4.78, 5) is 12.9. The summed E-state index contributed by atoms with van der Waals surface area (Å²) in [6.07, 6.45) is 3.57. The lowest BCUT2D eigenvalue weighted by Crippen LogP contribution is -2.64. The average molecular weight is 392 g/mol. The number of benzene rings is 2. The SMILES string of the molecule is Cc1ccc(C(=O)N(N)C2(C)COC2)cc1-c1ccc2c(c1)=CNC(N=NN)C=2. The maximum absolute atomic E-state index is 12.9. The van der Waals surface area contributed by atoms with E-state index in [2.05, 4.69) is 21.7 Å². The molecule has 1 amide bonds. The van der Waals surface area contributed by atoms with Crippen molar-refractivity contribution in [1.29, 1.82) is 0 Å². The molecule has 5 N–H and O–H groups in total. The highest BCUT2D eigenvalue weighted by Crippen LogP contribution is 2.27. The fraction of sp³-hybridized carbons (Fsp3) is 0.286. The van der Waals surface area contributed by atoms with E-state index in [4.69, 9.17) is 16.4 Å². The molecule has 0 aromatic heterocycles. The Morgan fingerprint density at radius 1 is 1.24 bits per heavy atom. The van der Waals surface area contributed by atoms with Gasteiger partial charge in [0.05, 0.1) is 13.2 Å². The molecule has 150 valence electrons. The van der Waals surface area contributed by atoms with Gasteiger partial charge in [-0.25, -0.2) is 5.84 Å². The number of nitrogens with one attached hydrogen (secondary N) is 1. The molecular formula is C21H24N6O2. The van der Waals surface area contributed by atoms with Crippen molar-refractivity contribution in [3.8, 4) is 11.1 Å². The molecule has 0 saturated carbocycles. The Kier molecular flexibility index (Phi) is 4.81. The van der Waals surface area contributed by atoms with Crippen LogP contribution in [0.2, 0.25) is 0 Å². The molecule has 2 aliphatic heterocycles. The predicted molar refractivity (Wildman–Crippen MR) is 110 cm³/mol. The number of rotatable bonds is 4. The van der Waals surface area contributed by atoms with Crippen LogP contribution in [0.15, 0.2) is 46.7 Å². The number of hydrazine groups is 1. The van der Waals surface area contributed by atoms with Crippen LogP contribution in [0.25, 0.3) is 23.4 Å². The Labute approximate surface area is 168 Å². The second kappa shape index (κ2) is 7.31. The lowest BCUT2D eigenvalue weighted by atomic mass is 9.95. The zero-order valence-corrected chi connectivity index (χ0v) is 16.4. The van der Waals surface area contributed by atoms with Crippen LogP contribution in [-0.4, -0.2) is 35.8 Å². The molecule has 0 aliphatic carbocycles. The second-order valence-electron chi connectivity index (χ2n) is 7.69. The minimum atomic E-state index is -0.457. The largest absolute Gasteiger partial charge is 0.376 e. The second-order valence-corrected chi connectivity index (χ2v) is 7.69. The number of fused-ring (bicyclic) bond motifs is 1. The molecule has 2 aliphatic rings. The first-order valence-corrected chi connectivity index (χ1v) is 9.37. The fourth-order valence-electron chi connectivity index (χ4n) is 3.54. The Bertz CT molecular complexity index is 1110. The molecule has 8 heteroatoms. The first-order chi connectivity index (χ1) is 13.9. The van der Waals surface area contributed by atoms with Gasteiger partial charge in [0.15, 0.2) is 6.17 Å². The third kappa shape index (κ3) is 3.48. The molecule has 1 fully saturated rings. The first-order valence-electron chi connectivity index (χ1n) is 9.37. The van der Waals surface area contributed by atoms with Gasteiger partial charge in [-0.15, -0.1) is 5.11 Å². The Morgan fingerprint density at radius 2 is 2.03 bits per heavy atom. The van der Waals surface area contributed by atoms with Crippen LogP contribution in [0.3, 0.4) is 0 Å². The zero-order chi connectivity index (χ0) is 20.6. The van der Waals surface area contributed by atoms with Gasteiger partial charge in [-0.2, -0.15) is 0 Å². The van der Waals surface area contributed by atoms with Crippen LogP contribution in [0.4, 0.5) is 0 Å². The molecule has 0 spiro atoms. The van der Waals surface area contributed by atoms with Crippen molar-refractivity contribution < 1.29 is 9.53 Å². The van der Waals surface area contributed by atoms with Crippen LogP contribution in [-0.2, 0) is 4.74 Å². The van der Waals surface area contributed by atoms with E-state index in [1.54, 1.807) is 0 Å². The summed E-state index contributed by atoms with van der Waals surface area (Å²) in [5, 5.41) is 13.7. The quantitative estimate of drug-likeness (QED) is 0.304. The van der Waals surface area contributed by atoms with E-state index in [0.717, 1.165) is 27.1 Å². The number of nitrogens with two attached hydrogens (primary N) is 2. The van der Waals surface area contributed by atoms with E-state index in [1.807, 2.05) is 56.5 Å². The molecule has 2 aromatic rings. The highest BCUT2D eigenvalue weighted by molar-refractivity contribution is 5.96. The number of carbonyl (C=O) groups is 1. The lowest BCUT2D eigenvalue weighted by Gasteiger charge is -2.44. The van der Waals surface area contributed by atoms with E-state index < -0.39 is 5.54 Å². The number of nitrogens with zero attached hydrogens (tertiary/aromatic N) is 3. The summed E-state index contributed by atoms with van der Waals surface area (Å²) in [7, 11) is 0. The fourth-order valence-corrected chi connectivity index (χ4v) is 3.54. The summed E-state index contributed by atoms with van der Waals surface area (Å²) < 4.78 is 5.23. The topological polar surface area (TPSA) is 118 Å². The summed E-state index contributed by atoms with van der Waals surface area (Å²) in [6.45, 7) is 4.84. The Balaban J connectivity index is 1.69. The van der Waals surface area contributed by atoms with Gasteiger partial charge < -0.3 is 15.9 Å². The Hall–Kier alpha value is -3.23. The minimum absolute atomic E-state index is 0.216. The molecule has 1 atom stereocenters. The van der Waals surface area contributed by atoms with Crippen LogP contribution >= 0.6 is 0 Å². The van der Waals surface area contributed by atoms with Gasteiger partial charge >= 0.3 is 0 Å². The summed E-state index contributed by atoms with van der Waals surface area (Å²) >= 11 is 0. The van der Waals surface area contributed by atoms with Crippen molar-refractivity contribution in [1.82, 2.24) is 10.3 Å². The van der Waals surface area contributed by atoms with Crippen LogP contribution in [0.5, 0.6) is 0 Å².